The number of rotatable bonds is 6. The lowest BCUT2D eigenvalue weighted by Crippen LogP contribution is -2.41. The van der Waals surface area contributed by atoms with Gasteiger partial charge in [-0.05, 0) is 10.3 Å². The maximum atomic E-state index is 11.0. The third kappa shape index (κ3) is 5.44. The monoisotopic (exact) mass is 321 g/mol. The summed E-state index contributed by atoms with van der Waals surface area (Å²) in [6.45, 7) is 0.421. The molecule has 0 aliphatic rings. The summed E-state index contributed by atoms with van der Waals surface area (Å²) in [6, 6.07) is 0. The standard InChI is InChI=1S/C8H15N7O3S2/c1-11-8(15-20(2,16)17)12-3-4-19-7-5(6(9)10)13-18-14-7/h3-4H2,1-2H3,(H3,9,10)(H2,11,12,15). The largest absolute Gasteiger partial charge is 0.382 e. The number of aromatic nitrogens is 2. The van der Waals surface area contributed by atoms with Crippen molar-refractivity contribution in [3.05, 3.63) is 5.69 Å². The predicted octanol–water partition coefficient (Wildman–Crippen LogP) is -1.43. The zero-order valence-corrected chi connectivity index (χ0v) is 12.5. The van der Waals surface area contributed by atoms with Crippen LogP contribution >= 0.6 is 11.8 Å². The number of thioether (sulfide) groups is 1. The molecule has 1 aromatic rings. The van der Waals surface area contributed by atoms with Gasteiger partial charge < -0.3 is 11.1 Å². The van der Waals surface area contributed by atoms with Gasteiger partial charge >= 0.3 is 0 Å². The van der Waals surface area contributed by atoms with Gasteiger partial charge in [-0.2, -0.15) is 0 Å². The van der Waals surface area contributed by atoms with E-state index in [9.17, 15) is 8.42 Å². The summed E-state index contributed by atoms with van der Waals surface area (Å²) in [5.74, 6) is 0.452. The molecule has 1 heterocycles. The number of guanidine groups is 1. The fraction of sp³-hybridized carbons (Fsp3) is 0.500. The van der Waals surface area contributed by atoms with Crippen LogP contribution in [0.25, 0.3) is 0 Å². The molecular formula is C8H15N7O3S2. The van der Waals surface area contributed by atoms with Crippen molar-refractivity contribution in [2.24, 2.45) is 10.7 Å². The lowest BCUT2D eigenvalue weighted by molar-refractivity contribution is 0.298. The van der Waals surface area contributed by atoms with Crippen LogP contribution < -0.4 is 15.8 Å². The maximum Gasteiger partial charge on any atom is 0.232 e. The maximum absolute atomic E-state index is 11.0. The van der Waals surface area contributed by atoms with Gasteiger partial charge in [0.15, 0.2) is 10.7 Å². The van der Waals surface area contributed by atoms with Crippen molar-refractivity contribution in [1.29, 1.82) is 5.41 Å². The topological polar surface area (TPSA) is 159 Å². The number of hydrogen-bond acceptors (Lipinski definition) is 8. The summed E-state index contributed by atoms with van der Waals surface area (Å²) < 4.78 is 28.8. The van der Waals surface area contributed by atoms with E-state index in [1.54, 1.807) is 0 Å². The van der Waals surface area contributed by atoms with Crippen LogP contribution in [0.4, 0.5) is 0 Å². The molecule has 10 nitrogen and oxygen atoms in total. The third-order valence-corrected chi connectivity index (χ3v) is 3.37. The first-order valence-corrected chi connectivity index (χ1v) is 8.19. The lowest BCUT2D eigenvalue weighted by Gasteiger charge is -2.09. The van der Waals surface area contributed by atoms with Crippen molar-refractivity contribution >= 4 is 33.6 Å². The van der Waals surface area contributed by atoms with Gasteiger partial charge in [0.2, 0.25) is 16.0 Å². The highest BCUT2D eigenvalue weighted by atomic mass is 32.2. The fourth-order valence-corrected chi connectivity index (χ4v) is 2.38. The molecule has 0 aromatic carbocycles. The minimum absolute atomic E-state index is 0.151. The molecule has 0 amide bonds. The Morgan fingerprint density at radius 1 is 1.55 bits per heavy atom. The molecular weight excluding hydrogens is 306 g/mol. The van der Waals surface area contributed by atoms with Gasteiger partial charge in [0.1, 0.15) is 5.84 Å². The van der Waals surface area contributed by atoms with Crippen molar-refractivity contribution in [1.82, 2.24) is 20.4 Å². The Hall–Kier alpha value is -1.82. The normalized spacial score (nSPS) is 12.2. The number of nitrogens with two attached hydrogens (primary N) is 1. The van der Waals surface area contributed by atoms with E-state index in [4.69, 9.17) is 11.1 Å². The van der Waals surface area contributed by atoms with Crippen LogP contribution in [0.2, 0.25) is 0 Å². The summed E-state index contributed by atoms with van der Waals surface area (Å²) in [5, 5.41) is 17.6. The minimum atomic E-state index is -3.37. The summed E-state index contributed by atoms with van der Waals surface area (Å²) in [6.07, 6.45) is 1.04. The van der Waals surface area contributed by atoms with E-state index in [1.165, 1.54) is 18.8 Å². The number of nitrogens with one attached hydrogen (secondary N) is 3. The number of nitrogens with zero attached hydrogens (tertiary/aromatic N) is 3. The molecule has 5 N–H and O–H groups in total. The summed E-state index contributed by atoms with van der Waals surface area (Å²) in [7, 11) is -1.90. The fourth-order valence-electron chi connectivity index (χ4n) is 1.09. The Labute approximate surface area is 120 Å². The minimum Gasteiger partial charge on any atom is -0.382 e. The van der Waals surface area contributed by atoms with Crippen molar-refractivity contribution in [3.63, 3.8) is 0 Å². The van der Waals surface area contributed by atoms with E-state index in [1.807, 2.05) is 0 Å². The number of hydrogen-bond donors (Lipinski definition) is 4. The van der Waals surface area contributed by atoms with Crippen LogP contribution in [-0.2, 0) is 10.0 Å². The van der Waals surface area contributed by atoms with Gasteiger partial charge in [-0.3, -0.25) is 15.1 Å². The van der Waals surface area contributed by atoms with Crippen LogP contribution in [0, 0.1) is 5.41 Å². The number of sulfonamides is 1. The zero-order valence-electron chi connectivity index (χ0n) is 10.9. The summed E-state index contributed by atoms with van der Waals surface area (Å²) >= 11 is 1.27. The first-order valence-electron chi connectivity index (χ1n) is 5.31. The molecule has 0 fully saturated rings. The molecule has 1 rings (SSSR count). The smallest absolute Gasteiger partial charge is 0.232 e. The molecule has 0 radical (unpaired) electrons. The van der Waals surface area contributed by atoms with Crippen LogP contribution in [0.15, 0.2) is 14.6 Å². The van der Waals surface area contributed by atoms with E-state index in [0.717, 1.165) is 6.26 Å². The molecule has 0 aliphatic carbocycles. The van der Waals surface area contributed by atoms with E-state index in [-0.39, 0.29) is 17.5 Å². The first-order chi connectivity index (χ1) is 9.33. The number of aliphatic imine (C=N–C) groups is 1. The summed E-state index contributed by atoms with van der Waals surface area (Å²) in [5.41, 5.74) is 5.49. The molecule has 0 saturated carbocycles. The number of amidine groups is 1. The summed E-state index contributed by atoms with van der Waals surface area (Å²) in [4.78, 5) is 3.76. The van der Waals surface area contributed by atoms with Crippen molar-refractivity contribution in [2.75, 3.05) is 25.6 Å². The van der Waals surface area contributed by atoms with Crippen LogP contribution in [0.3, 0.4) is 0 Å². The molecule has 0 bridgehead atoms. The molecule has 0 aliphatic heterocycles. The lowest BCUT2D eigenvalue weighted by atomic mass is 10.4. The van der Waals surface area contributed by atoms with Gasteiger partial charge in [0.25, 0.3) is 0 Å². The van der Waals surface area contributed by atoms with Gasteiger partial charge in [-0.25, -0.2) is 13.0 Å². The van der Waals surface area contributed by atoms with Gasteiger partial charge in [-0.15, -0.1) is 0 Å². The molecule has 1 aromatic heterocycles. The van der Waals surface area contributed by atoms with Crippen LogP contribution in [-0.4, -0.2) is 56.1 Å². The second-order valence-electron chi connectivity index (χ2n) is 3.55. The van der Waals surface area contributed by atoms with Gasteiger partial charge in [0, 0.05) is 19.3 Å². The molecule has 112 valence electrons. The number of nitrogen functional groups attached to an aromatic ring is 1. The second kappa shape index (κ2) is 7.09. The van der Waals surface area contributed by atoms with E-state index in [0.29, 0.717) is 17.3 Å². The van der Waals surface area contributed by atoms with Gasteiger partial charge in [0.05, 0.1) is 6.26 Å². The van der Waals surface area contributed by atoms with Gasteiger partial charge in [-0.1, -0.05) is 11.8 Å². The molecule has 0 spiro atoms. The average Bonchev–Trinajstić information content (AvgIpc) is 2.80. The van der Waals surface area contributed by atoms with Crippen molar-refractivity contribution < 1.29 is 13.0 Å². The Kier molecular flexibility index (Phi) is 5.76. The predicted molar refractivity (Wildman–Crippen MR) is 75.4 cm³/mol. The van der Waals surface area contributed by atoms with Crippen molar-refractivity contribution in [2.45, 2.75) is 5.03 Å². The van der Waals surface area contributed by atoms with Crippen molar-refractivity contribution in [3.8, 4) is 0 Å². The highest BCUT2D eigenvalue weighted by Gasteiger charge is 2.13. The Bertz CT molecular complexity index is 595. The highest BCUT2D eigenvalue weighted by molar-refractivity contribution is 7.99. The quantitative estimate of drug-likeness (QED) is 0.215. The highest BCUT2D eigenvalue weighted by Crippen LogP contribution is 2.17. The van der Waals surface area contributed by atoms with E-state index < -0.39 is 10.0 Å². The average molecular weight is 321 g/mol. The molecule has 0 unspecified atom stereocenters. The third-order valence-electron chi connectivity index (χ3n) is 1.85. The Balaban J connectivity index is 2.41. The van der Waals surface area contributed by atoms with E-state index >= 15 is 0 Å². The molecule has 20 heavy (non-hydrogen) atoms. The first kappa shape index (κ1) is 16.2. The van der Waals surface area contributed by atoms with E-state index in [2.05, 4.69) is 30.0 Å². The van der Waals surface area contributed by atoms with Crippen LogP contribution in [0.1, 0.15) is 5.69 Å². The molecule has 0 saturated heterocycles. The Morgan fingerprint density at radius 3 is 2.80 bits per heavy atom. The molecule has 12 heteroatoms. The second-order valence-corrected chi connectivity index (χ2v) is 6.39. The SMILES string of the molecule is CN=C(NCCSc1nonc1C(=N)N)NS(C)(=O)=O. The zero-order chi connectivity index (χ0) is 15.2. The van der Waals surface area contributed by atoms with Crippen LogP contribution in [0.5, 0.6) is 0 Å². The molecule has 0 atom stereocenters. The Morgan fingerprint density at radius 2 is 2.25 bits per heavy atom.